The lowest BCUT2D eigenvalue weighted by Gasteiger charge is -2.11. The van der Waals surface area contributed by atoms with E-state index < -0.39 is 5.82 Å². The molecule has 0 radical (unpaired) electrons. The average molecular weight is 360 g/mol. The molecular formula is C17H17FN4O2S. The monoisotopic (exact) mass is 360 g/mol. The van der Waals surface area contributed by atoms with E-state index in [4.69, 9.17) is 0 Å². The van der Waals surface area contributed by atoms with E-state index in [9.17, 15) is 14.0 Å². The number of carbonyl (C=O) groups is 1. The molecule has 0 spiro atoms. The molecule has 0 bridgehead atoms. The third-order valence-corrected chi connectivity index (χ3v) is 5.14. The molecule has 1 aliphatic heterocycles. The molecule has 3 heterocycles. The lowest BCUT2D eigenvalue weighted by Crippen LogP contribution is -2.33. The van der Waals surface area contributed by atoms with Gasteiger partial charge in [0.1, 0.15) is 23.4 Å². The number of hydrogen-bond acceptors (Lipinski definition) is 4. The highest BCUT2D eigenvalue weighted by Crippen LogP contribution is 2.30. The van der Waals surface area contributed by atoms with Crippen LogP contribution in [0.15, 0.2) is 28.2 Å². The van der Waals surface area contributed by atoms with E-state index in [-0.39, 0.29) is 24.1 Å². The van der Waals surface area contributed by atoms with Crippen molar-refractivity contribution in [2.24, 2.45) is 0 Å². The summed E-state index contributed by atoms with van der Waals surface area (Å²) >= 11 is 1.51. The van der Waals surface area contributed by atoms with Crippen LogP contribution < -0.4 is 10.9 Å². The second-order valence-electron chi connectivity index (χ2n) is 6.37. The standard InChI is InChI=1S/C17H17FN4O2S/c1-9(2)19-13(23)8-22-12-4-3-10(18)7-11(12)14-15(22)16(24)21-5-6-25-17(21)20-14/h3-4,7,9H,5-6,8H2,1-2H3,(H,19,23). The molecule has 3 aromatic rings. The van der Waals surface area contributed by atoms with Gasteiger partial charge in [0.2, 0.25) is 5.91 Å². The Kier molecular flexibility index (Phi) is 3.79. The number of nitrogens with one attached hydrogen (secondary N) is 1. The van der Waals surface area contributed by atoms with E-state index in [1.165, 1.54) is 23.9 Å². The number of amides is 1. The fourth-order valence-corrected chi connectivity index (χ4v) is 4.16. The topological polar surface area (TPSA) is 68.9 Å². The van der Waals surface area contributed by atoms with Gasteiger partial charge >= 0.3 is 0 Å². The van der Waals surface area contributed by atoms with E-state index in [1.807, 2.05) is 13.8 Å². The SMILES string of the molecule is CC(C)NC(=O)Cn1c2ccc(F)cc2c2nc3n(c(=O)c21)CCS3. The summed E-state index contributed by atoms with van der Waals surface area (Å²) in [6.07, 6.45) is 0. The van der Waals surface area contributed by atoms with Crippen LogP contribution in [0.25, 0.3) is 21.9 Å². The molecular weight excluding hydrogens is 343 g/mol. The van der Waals surface area contributed by atoms with E-state index in [0.717, 1.165) is 5.75 Å². The fraction of sp³-hybridized carbons (Fsp3) is 0.353. The molecule has 0 unspecified atom stereocenters. The van der Waals surface area contributed by atoms with Crippen LogP contribution in [0.1, 0.15) is 13.8 Å². The van der Waals surface area contributed by atoms with Crippen molar-refractivity contribution in [3.05, 3.63) is 34.4 Å². The Morgan fingerprint density at radius 3 is 3.00 bits per heavy atom. The Bertz CT molecular complexity index is 1070. The largest absolute Gasteiger partial charge is 0.352 e. The van der Waals surface area contributed by atoms with Crippen LogP contribution in [0.3, 0.4) is 0 Å². The maximum absolute atomic E-state index is 13.8. The van der Waals surface area contributed by atoms with Gasteiger partial charge in [0, 0.05) is 23.7 Å². The molecule has 1 amide bonds. The third kappa shape index (κ3) is 2.60. The number of hydrogen-bond donors (Lipinski definition) is 1. The van der Waals surface area contributed by atoms with Gasteiger partial charge in [0.15, 0.2) is 5.16 Å². The normalized spacial score (nSPS) is 13.8. The first-order valence-corrected chi connectivity index (χ1v) is 9.08. The molecule has 0 atom stereocenters. The van der Waals surface area contributed by atoms with Crippen molar-refractivity contribution in [2.45, 2.75) is 38.1 Å². The third-order valence-electron chi connectivity index (χ3n) is 4.18. The van der Waals surface area contributed by atoms with E-state index >= 15 is 0 Å². The Morgan fingerprint density at radius 2 is 2.24 bits per heavy atom. The zero-order valence-corrected chi connectivity index (χ0v) is 14.7. The molecule has 130 valence electrons. The van der Waals surface area contributed by atoms with Gasteiger partial charge in [-0.15, -0.1) is 0 Å². The predicted molar refractivity (Wildman–Crippen MR) is 95.5 cm³/mol. The maximum atomic E-state index is 13.8. The van der Waals surface area contributed by atoms with Crippen LogP contribution in [0.5, 0.6) is 0 Å². The van der Waals surface area contributed by atoms with Gasteiger partial charge in [-0.2, -0.15) is 0 Å². The van der Waals surface area contributed by atoms with Crippen molar-refractivity contribution < 1.29 is 9.18 Å². The Labute approximate surface area is 147 Å². The minimum atomic E-state index is -0.395. The summed E-state index contributed by atoms with van der Waals surface area (Å²) in [6.45, 7) is 4.34. The van der Waals surface area contributed by atoms with Crippen molar-refractivity contribution in [2.75, 3.05) is 5.75 Å². The molecule has 1 N–H and O–H groups in total. The summed E-state index contributed by atoms with van der Waals surface area (Å²) in [4.78, 5) is 29.8. The first-order chi connectivity index (χ1) is 12.0. The molecule has 4 rings (SSSR count). The van der Waals surface area contributed by atoms with Crippen molar-refractivity contribution >= 4 is 39.6 Å². The average Bonchev–Trinajstić information content (AvgIpc) is 3.11. The van der Waals surface area contributed by atoms with E-state index in [0.29, 0.717) is 33.6 Å². The Balaban J connectivity index is 2.01. The molecule has 0 fully saturated rings. The van der Waals surface area contributed by atoms with Crippen LogP contribution >= 0.6 is 11.8 Å². The first-order valence-electron chi connectivity index (χ1n) is 8.10. The van der Waals surface area contributed by atoms with Crippen LogP contribution in [0.4, 0.5) is 4.39 Å². The summed E-state index contributed by atoms with van der Waals surface area (Å²) in [5.74, 6) is 0.195. The van der Waals surface area contributed by atoms with Crippen LogP contribution in [0, 0.1) is 5.82 Å². The highest BCUT2D eigenvalue weighted by molar-refractivity contribution is 7.99. The summed E-state index contributed by atoms with van der Waals surface area (Å²) < 4.78 is 17.0. The molecule has 25 heavy (non-hydrogen) atoms. The van der Waals surface area contributed by atoms with Crippen molar-refractivity contribution in [3.63, 3.8) is 0 Å². The van der Waals surface area contributed by atoms with Crippen LogP contribution in [-0.2, 0) is 17.9 Å². The molecule has 1 aromatic carbocycles. The van der Waals surface area contributed by atoms with Gasteiger partial charge in [-0.3, -0.25) is 14.2 Å². The Morgan fingerprint density at radius 1 is 1.44 bits per heavy atom. The van der Waals surface area contributed by atoms with Crippen LogP contribution in [-0.4, -0.2) is 31.8 Å². The molecule has 2 aromatic heterocycles. The fourth-order valence-electron chi connectivity index (χ4n) is 3.22. The minimum absolute atomic E-state index is 0.00194. The van der Waals surface area contributed by atoms with E-state index in [1.54, 1.807) is 15.2 Å². The molecule has 0 saturated heterocycles. The molecule has 1 aliphatic rings. The van der Waals surface area contributed by atoms with E-state index in [2.05, 4.69) is 10.3 Å². The summed E-state index contributed by atoms with van der Waals surface area (Å²) in [6, 6.07) is 4.30. The zero-order chi connectivity index (χ0) is 17.7. The number of fused-ring (bicyclic) bond motifs is 4. The second kappa shape index (κ2) is 5.87. The maximum Gasteiger partial charge on any atom is 0.278 e. The molecule has 0 aliphatic carbocycles. The number of rotatable bonds is 3. The highest BCUT2D eigenvalue weighted by atomic mass is 32.2. The molecule has 0 saturated carbocycles. The lowest BCUT2D eigenvalue weighted by atomic mass is 10.2. The summed E-state index contributed by atoms with van der Waals surface area (Å²) in [5, 5.41) is 4.03. The minimum Gasteiger partial charge on any atom is -0.352 e. The number of carbonyl (C=O) groups excluding carboxylic acids is 1. The molecule has 6 nitrogen and oxygen atoms in total. The smallest absolute Gasteiger partial charge is 0.278 e. The van der Waals surface area contributed by atoms with Gasteiger partial charge in [0.05, 0.1) is 5.52 Å². The first kappa shape index (κ1) is 16.1. The van der Waals surface area contributed by atoms with Gasteiger partial charge in [-0.05, 0) is 32.0 Å². The van der Waals surface area contributed by atoms with Gasteiger partial charge < -0.3 is 9.88 Å². The Hall–Kier alpha value is -2.35. The van der Waals surface area contributed by atoms with Gasteiger partial charge in [0.25, 0.3) is 5.56 Å². The number of benzene rings is 1. The van der Waals surface area contributed by atoms with Crippen molar-refractivity contribution in [3.8, 4) is 0 Å². The van der Waals surface area contributed by atoms with Crippen molar-refractivity contribution in [1.82, 2.24) is 19.4 Å². The molecule has 8 heteroatoms. The zero-order valence-electron chi connectivity index (χ0n) is 13.9. The summed E-state index contributed by atoms with van der Waals surface area (Å²) in [7, 11) is 0. The highest BCUT2D eigenvalue weighted by Gasteiger charge is 2.23. The quantitative estimate of drug-likeness (QED) is 0.727. The lowest BCUT2D eigenvalue weighted by molar-refractivity contribution is -0.122. The number of halogens is 1. The second-order valence-corrected chi connectivity index (χ2v) is 7.43. The van der Waals surface area contributed by atoms with Gasteiger partial charge in [-0.25, -0.2) is 9.37 Å². The number of thioether (sulfide) groups is 1. The summed E-state index contributed by atoms with van der Waals surface area (Å²) in [5.41, 5.74) is 1.26. The van der Waals surface area contributed by atoms with Gasteiger partial charge in [-0.1, -0.05) is 11.8 Å². The number of aromatic nitrogens is 3. The van der Waals surface area contributed by atoms with Crippen LogP contribution in [0.2, 0.25) is 0 Å². The van der Waals surface area contributed by atoms with Crippen molar-refractivity contribution in [1.29, 1.82) is 0 Å². The predicted octanol–water partition coefficient (Wildman–Crippen LogP) is 2.12. The number of nitrogens with zero attached hydrogens (tertiary/aromatic N) is 3.